The Morgan fingerprint density at radius 2 is 1.27 bits per heavy atom. The Labute approximate surface area is 93.2 Å². The minimum Gasteiger partial charge on any atom is -0.392 e. The molecule has 2 aliphatic carbocycles. The van der Waals surface area contributed by atoms with Crippen LogP contribution in [0.3, 0.4) is 0 Å². The molecule has 3 nitrogen and oxygen atoms in total. The molecule has 15 heavy (non-hydrogen) atoms. The van der Waals surface area contributed by atoms with Gasteiger partial charge in [-0.15, -0.1) is 0 Å². The zero-order valence-electron chi connectivity index (χ0n) is 9.70. The largest absolute Gasteiger partial charge is 0.392 e. The summed E-state index contributed by atoms with van der Waals surface area (Å²) < 4.78 is 0. The molecule has 0 spiro atoms. The van der Waals surface area contributed by atoms with Crippen LogP contribution in [0, 0.1) is 0 Å². The van der Waals surface area contributed by atoms with Gasteiger partial charge in [0.05, 0.1) is 6.10 Å². The summed E-state index contributed by atoms with van der Waals surface area (Å²) in [7, 11) is 0. The zero-order chi connectivity index (χ0) is 11.1. The number of hydrogen-bond acceptors (Lipinski definition) is 3. The fourth-order valence-corrected chi connectivity index (χ4v) is 2.27. The standard InChI is InChI=1S/C6H13NO.C6H13N/c7-5-3-1-2-4-6(5)8;7-6-4-2-1-3-5-6/h5-6,8H,1-4,7H2;6H,1-5,7H2. The summed E-state index contributed by atoms with van der Waals surface area (Å²) in [5.74, 6) is 0. The molecule has 0 heterocycles. The summed E-state index contributed by atoms with van der Waals surface area (Å²) in [4.78, 5) is 0. The molecule has 90 valence electrons. The molecule has 0 radical (unpaired) electrons. The normalized spacial score (nSPS) is 33.0. The van der Waals surface area contributed by atoms with Gasteiger partial charge in [0.15, 0.2) is 0 Å². The topological polar surface area (TPSA) is 72.3 Å². The van der Waals surface area contributed by atoms with Crippen molar-refractivity contribution in [2.24, 2.45) is 11.5 Å². The molecule has 0 saturated heterocycles. The zero-order valence-corrected chi connectivity index (χ0v) is 9.70. The van der Waals surface area contributed by atoms with Gasteiger partial charge in [0.1, 0.15) is 0 Å². The van der Waals surface area contributed by atoms with Crippen LogP contribution < -0.4 is 11.5 Å². The van der Waals surface area contributed by atoms with Crippen LogP contribution in [0.2, 0.25) is 0 Å². The van der Waals surface area contributed by atoms with Crippen molar-refractivity contribution in [3.8, 4) is 0 Å². The summed E-state index contributed by atoms with van der Waals surface area (Å²) in [6.07, 6.45) is 10.7. The fourth-order valence-electron chi connectivity index (χ4n) is 2.27. The molecular formula is C12H26N2O. The van der Waals surface area contributed by atoms with Crippen molar-refractivity contribution in [2.45, 2.75) is 76.0 Å². The molecule has 2 fully saturated rings. The van der Waals surface area contributed by atoms with Crippen molar-refractivity contribution < 1.29 is 5.11 Å². The lowest BCUT2D eigenvalue weighted by atomic mass is 9.94. The minimum absolute atomic E-state index is 0.0590. The smallest absolute Gasteiger partial charge is 0.0691 e. The van der Waals surface area contributed by atoms with Gasteiger partial charge in [-0.1, -0.05) is 32.1 Å². The van der Waals surface area contributed by atoms with Crippen LogP contribution in [0.15, 0.2) is 0 Å². The van der Waals surface area contributed by atoms with E-state index in [1.54, 1.807) is 0 Å². The van der Waals surface area contributed by atoms with Crippen molar-refractivity contribution in [1.29, 1.82) is 0 Å². The number of aliphatic hydroxyl groups excluding tert-OH is 1. The third kappa shape index (κ3) is 5.50. The lowest BCUT2D eigenvalue weighted by Crippen LogP contribution is -2.37. The van der Waals surface area contributed by atoms with Gasteiger partial charge in [0.2, 0.25) is 0 Å². The first kappa shape index (κ1) is 12.9. The second-order valence-corrected chi connectivity index (χ2v) is 4.91. The first-order valence-corrected chi connectivity index (χ1v) is 6.39. The van der Waals surface area contributed by atoms with E-state index in [4.69, 9.17) is 16.6 Å². The van der Waals surface area contributed by atoms with Gasteiger partial charge in [0, 0.05) is 12.1 Å². The van der Waals surface area contributed by atoms with Crippen molar-refractivity contribution >= 4 is 0 Å². The maximum Gasteiger partial charge on any atom is 0.0691 e. The van der Waals surface area contributed by atoms with E-state index in [1.807, 2.05) is 0 Å². The van der Waals surface area contributed by atoms with E-state index < -0.39 is 0 Å². The number of nitrogens with two attached hydrogens (primary N) is 2. The predicted molar refractivity (Wildman–Crippen MR) is 63.5 cm³/mol. The Kier molecular flexibility index (Phi) is 6.22. The Morgan fingerprint density at radius 3 is 1.60 bits per heavy atom. The van der Waals surface area contributed by atoms with E-state index in [9.17, 15) is 0 Å². The molecular weight excluding hydrogens is 188 g/mol. The predicted octanol–water partition coefficient (Wildman–Crippen LogP) is 1.53. The van der Waals surface area contributed by atoms with Crippen LogP contribution in [0.25, 0.3) is 0 Å². The Morgan fingerprint density at radius 1 is 0.733 bits per heavy atom. The molecule has 0 aromatic heterocycles. The Balaban J connectivity index is 0.000000151. The maximum absolute atomic E-state index is 9.05. The van der Waals surface area contributed by atoms with Crippen LogP contribution in [-0.4, -0.2) is 23.3 Å². The van der Waals surface area contributed by atoms with Crippen molar-refractivity contribution in [1.82, 2.24) is 0 Å². The van der Waals surface area contributed by atoms with E-state index in [1.165, 1.54) is 38.5 Å². The van der Waals surface area contributed by atoms with Crippen LogP contribution >= 0.6 is 0 Å². The van der Waals surface area contributed by atoms with E-state index in [-0.39, 0.29) is 12.1 Å². The first-order chi connectivity index (χ1) is 7.20. The van der Waals surface area contributed by atoms with E-state index in [0.717, 1.165) is 19.3 Å². The van der Waals surface area contributed by atoms with Gasteiger partial charge in [-0.3, -0.25) is 0 Å². The van der Waals surface area contributed by atoms with Crippen LogP contribution in [0.4, 0.5) is 0 Å². The van der Waals surface area contributed by atoms with Crippen molar-refractivity contribution in [2.75, 3.05) is 0 Å². The van der Waals surface area contributed by atoms with Crippen molar-refractivity contribution in [3.05, 3.63) is 0 Å². The molecule has 0 amide bonds. The van der Waals surface area contributed by atoms with E-state index >= 15 is 0 Å². The summed E-state index contributed by atoms with van der Waals surface area (Å²) >= 11 is 0. The lowest BCUT2D eigenvalue weighted by molar-refractivity contribution is 0.108. The first-order valence-electron chi connectivity index (χ1n) is 6.39. The van der Waals surface area contributed by atoms with Crippen LogP contribution in [-0.2, 0) is 0 Å². The lowest BCUT2D eigenvalue weighted by Gasteiger charge is -2.23. The molecule has 2 unspecified atom stereocenters. The van der Waals surface area contributed by atoms with E-state index in [0.29, 0.717) is 6.04 Å². The van der Waals surface area contributed by atoms with Crippen molar-refractivity contribution in [3.63, 3.8) is 0 Å². The summed E-state index contributed by atoms with van der Waals surface area (Å²) in [6.45, 7) is 0. The highest BCUT2D eigenvalue weighted by atomic mass is 16.3. The third-order valence-corrected chi connectivity index (χ3v) is 3.43. The number of hydrogen-bond donors (Lipinski definition) is 3. The highest BCUT2D eigenvalue weighted by Gasteiger charge is 2.17. The number of rotatable bonds is 0. The molecule has 2 rings (SSSR count). The molecule has 0 aromatic carbocycles. The van der Waals surface area contributed by atoms with Gasteiger partial charge in [-0.2, -0.15) is 0 Å². The summed E-state index contributed by atoms with van der Waals surface area (Å²) in [5, 5.41) is 9.05. The summed E-state index contributed by atoms with van der Waals surface area (Å²) in [5.41, 5.74) is 11.2. The number of aliphatic hydroxyl groups is 1. The maximum atomic E-state index is 9.05. The molecule has 0 aliphatic heterocycles. The van der Waals surface area contributed by atoms with Gasteiger partial charge in [0.25, 0.3) is 0 Å². The Bertz CT molecular complexity index is 148. The molecule has 3 heteroatoms. The molecule has 2 saturated carbocycles. The quantitative estimate of drug-likeness (QED) is 0.572. The SMILES string of the molecule is NC1CCCCC1.NC1CCCCC1O. The summed E-state index contributed by atoms with van der Waals surface area (Å²) in [6, 6.07) is 0.595. The average Bonchev–Trinajstić information content (AvgIpc) is 2.25. The molecule has 0 bridgehead atoms. The van der Waals surface area contributed by atoms with Gasteiger partial charge < -0.3 is 16.6 Å². The minimum atomic E-state index is -0.219. The molecule has 2 aliphatic rings. The second-order valence-electron chi connectivity index (χ2n) is 4.91. The highest BCUT2D eigenvalue weighted by Crippen LogP contribution is 2.16. The third-order valence-electron chi connectivity index (χ3n) is 3.43. The molecule has 2 atom stereocenters. The van der Waals surface area contributed by atoms with Crippen LogP contribution in [0.1, 0.15) is 57.8 Å². The Hall–Kier alpha value is -0.120. The fraction of sp³-hybridized carbons (Fsp3) is 1.00. The van der Waals surface area contributed by atoms with E-state index in [2.05, 4.69) is 0 Å². The molecule has 0 aromatic rings. The van der Waals surface area contributed by atoms with Gasteiger partial charge in [-0.25, -0.2) is 0 Å². The van der Waals surface area contributed by atoms with Gasteiger partial charge >= 0.3 is 0 Å². The van der Waals surface area contributed by atoms with Crippen LogP contribution in [0.5, 0.6) is 0 Å². The molecule has 5 N–H and O–H groups in total. The highest BCUT2D eigenvalue weighted by molar-refractivity contribution is 4.76. The monoisotopic (exact) mass is 214 g/mol. The second kappa shape index (κ2) is 7.20. The average molecular weight is 214 g/mol. The van der Waals surface area contributed by atoms with Gasteiger partial charge in [-0.05, 0) is 25.7 Å².